The van der Waals surface area contributed by atoms with Crippen LogP contribution in [0.15, 0.2) is 30.5 Å². The largest absolute Gasteiger partial charge is 0.454 e. The maximum absolute atomic E-state index is 13.6. The predicted molar refractivity (Wildman–Crippen MR) is 68.2 cm³/mol. The summed E-state index contributed by atoms with van der Waals surface area (Å²) in [5, 5.41) is 2.97. The molecule has 1 N–H and O–H groups in total. The van der Waals surface area contributed by atoms with Gasteiger partial charge in [-0.15, -0.1) is 0 Å². The van der Waals surface area contributed by atoms with E-state index in [0.29, 0.717) is 12.3 Å². The van der Waals surface area contributed by atoms with Crippen LogP contribution >= 0.6 is 0 Å². The molecular weight excluding hydrogens is 250 g/mol. The molecule has 0 amide bonds. The first kappa shape index (κ1) is 13.4. The summed E-state index contributed by atoms with van der Waals surface area (Å²) < 4.78 is 32.2. The summed E-state index contributed by atoms with van der Waals surface area (Å²) in [6.45, 7) is 2.33. The van der Waals surface area contributed by atoms with Gasteiger partial charge in [-0.3, -0.25) is 4.98 Å². The Morgan fingerprint density at radius 1 is 1.26 bits per heavy atom. The summed E-state index contributed by atoms with van der Waals surface area (Å²) in [5.74, 6) is -1.60. The highest BCUT2D eigenvalue weighted by molar-refractivity contribution is 5.38. The number of rotatable bonds is 4. The Morgan fingerprint density at radius 3 is 2.79 bits per heavy atom. The van der Waals surface area contributed by atoms with Crippen LogP contribution in [0, 0.1) is 18.6 Å². The molecule has 0 atom stereocenters. The molecule has 0 aliphatic heterocycles. The third-order valence-electron chi connectivity index (χ3n) is 2.58. The van der Waals surface area contributed by atoms with Crippen molar-refractivity contribution >= 4 is 0 Å². The highest BCUT2D eigenvalue weighted by atomic mass is 19.2. The Labute approximate surface area is 110 Å². The number of aromatic nitrogens is 1. The normalized spacial score (nSPS) is 10.5. The second kappa shape index (κ2) is 5.75. The van der Waals surface area contributed by atoms with Gasteiger partial charge < -0.3 is 10.1 Å². The average molecular weight is 264 g/mol. The van der Waals surface area contributed by atoms with Crippen molar-refractivity contribution in [2.24, 2.45) is 0 Å². The first-order chi connectivity index (χ1) is 9.11. The van der Waals surface area contributed by atoms with Crippen LogP contribution in [0.1, 0.15) is 11.3 Å². The lowest BCUT2D eigenvalue weighted by molar-refractivity contribution is 0.411. The van der Waals surface area contributed by atoms with Crippen LogP contribution < -0.4 is 10.1 Å². The zero-order valence-corrected chi connectivity index (χ0v) is 10.7. The van der Waals surface area contributed by atoms with Crippen molar-refractivity contribution < 1.29 is 13.5 Å². The van der Waals surface area contributed by atoms with Gasteiger partial charge in [-0.1, -0.05) is 6.07 Å². The molecule has 1 aromatic heterocycles. The molecule has 1 aromatic carbocycles. The zero-order valence-electron chi connectivity index (χ0n) is 10.7. The van der Waals surface area contributed by atoms with Crippen LogP contribution in [0.2, 0.25) is 0 Å². The molecule has 1 heterocycles. The van der Waals surface area contributed by atoms with E-state index in [1.54, 1.807) is 26.2 Å². The van der Waals surface area contributed by atoms with Crippen LogP contribution in [0.25, 0.3) is 0 Å². The number of halogens is 2. The van der Waals surface area contributed by atoms with E-state index < -0.39 is 11.6 Å². The van der Waals surface area contributed by atoms with Crippen molar-refractivity contribution in [2.45, 2.75) is 13.5 Å². The molecule has 0 radical (unpaired) electrons. The first-order valence-corrected chi connectivity index (χ1v) is 5.84. The molecule has 0 unspecified atom stereocenters. The second-order valence-electron chi connectivity index (χ2n) is 4.12. The second-order valence-corrected chi connectivity index (χ2v) is 4.12. The number of nitrogens with zero attached hydrogens (tertiary/aromatic N) is 1. The number of ether oxygens (including phenoxy) is 1. The number of pyridine rings is 1. The SMILES string of the molecule is CNCc1cnc(C)cc1Oc1cccc(F)c1F. The first-order valence-electron chi connectivity index (χ1n) is 5.84. The van der Waals surface area contributed by atoms with Gasteiger partial charge in [0, 0.05) is 30.1 Å². The summed E-state index contributed by atoms with van der Waals surface area (Å²) >= 11 is 0. The molecule has 19 heavy (non-hydrogen) atoms. The summed E-state index contributed by atoms with van der Waals surface area (Å²) in [6.07, 6.45) is 1.65. The summed E-state index contributed by atoms with van der Waals surface area (Å²) in [6, 6.07) is 5.53. The molecule has 2 rings (SSSR count). The van der Waals surface area contributed by atoms with E-state index in [2.05, 4.69) is 10.3 Å². The minimum absolute atomic E-state index is 0.136. The van der Waals surface area contributed by atoms with E-state index in [1.165, 1.54) is 12.1 Å². The average Bonchev–Trinajstić information content (AvgIpc) is 2.38. The number of hydrogen-bond acceptors (Lipinski definition) is 3. The smallest absolute Gasteiger partial charge is 0.201 e. The van der Waals surface area contributed by atoms with Gasteiger partial charge in [0.1, 0.15) is 5.75 Å². The quantitative estimate of drug-likeness (QED) is 0.921. The van der Waals surface area contributed by atoms with Crippen LogP contribution in [0.5, 0.6) is 11.5 Å². The maximum atomic E-state index is 13.6. The van der Waals surface area contributed by atoms with E-state index >= 15 is 0 Å². The van der Waals surface area contributed by atoms with E-state index in [1.807, 2.05) is 0 Å². The lowest BCUT2D eigenvalue weighted by Crippen LogP contribution is -2.07. The number of aryl methyl sites for hydroxylation is 1. The lowest BCUT2D eigenvalue weighted by Gasteiger charge is -2.12. The minimum atomic E-state index is -0.993. The van der Waals surface area contributed by atoms with Gasteiger partial charge in [0.15, 0.2) is 11.6 Å². The Balaban J connectivity index is 2.36. The van der Waals surface area contributed by atoms with Gasteiger partial charge in [0.25, 0.3) is 0 Å². The molecular formula is C14H14F2N2O. The molecule has 0 saturated carbocycles. The van der Waals surface area contributed by atoms with E-state index in [-0.39, 0.29) is 5.75 Å². The number of nitrogens with one attached hydrogen (secondary N) is 1. The van der Waals surface area contributed by atoms with Gasteiger partial charge >= 0.3 is 0 Å². The third kappa shape index (κ3) is 3.06. The third-order valence-corrected chi connectivity index (χ3v) is 2.58. The minimum Gasteiger partial charge on any atom is -0.454 e. The summed E-state index contributed by atoms with van der Waals surface area (Å²) in [5.41, 5.74) is 1.52. The number of benzene rings is 1. The Kier molecular flexibility index (Phi) is 4.06. The fraction of sp³-hybridized carbons (Fsp3) is 0.214. The van der Waals surface area contributed by atoms with E-state index in [9.17, 15) is 8.78 Å². The molecule has 0 spiro atoms. The van der Waals surface area contributed by atoms with Crippen LogP contribution in [0.4, 0.5) is 8.78 Å². The van der Waals surface area contributed by atoms with Crippen molar-refractivity contribution in [3.05, 3.63) is 53.4 Å². The van der Waals surface area contributed by atoms with Gasteiger partial charge in [0.05, 0.1) is 0 Å². The summed E-state index contributed by atoms with van der Waals surface area (Å²) in [4.78, 5) is 4.15. The topological polar surface area (TPSA) is 34.2 Å². The van der Waals surface area contributed by atoms with Crippen LogP contribution in [0.3, 0.4) is 0 Å². The highest BCUT2D eigenvalue weighted by Gasteiger charge is 2.12. The molecule has 0 aliphatic carbocycles. The van der Waals surface area contributed by atoms with Crippen molar-refractivity contribution in [3.8, 4) is 11.5 Å². The van der Waals surface area contributed by atoms with Gasteiger partial charge in [-0.05, 0) is 26.1 Å². The van der Waals surface area contributed by atoms with Crippen molar-refractivity contribution in [3.63, 3.8) is 0 Å². The van der Waals surface area contributed by atoms with Crippen LogP contribution in [-0.2, 0) is 6.54 Å². The standard InChI is InChI=1S/C14H14F2N2O/c1-9-6-13(10(7-17-2)8-18-9)19-12-5-3-4-11(15)14(12)16/h3-6,8,17H,7H2,1-2H3. The fourth-order valence-electron chi connectivity index (χ4n) is 1.66. The lowest BCUT2D eigenvalue weighted by atomic mass is 10.2. The van der Waals surface area contributed by atoms with Crippen molar-refractivity contribution in [2.75, 3.05) is 7.05 Å². The predicted octanol–water partition coefficient (Wildman–Crippen LogP) is 3.18. The molecule has 3 nitrogen and oxygen atoms in total. The summed E-state index contributed by atoms with van der Waals surface area (Å²) in [7, 11) is 1.78. The molecule has 0 saturated heterocycles. The van der Waals surface area contributed by atoms with Gasteiger partial charge in [0.2, 0.25) is 5.82 Å². The van der Waals surface area contributed by atoms with E-state index in [0.717, 1.165) is 17.3 Å². The molecule has 0 aliphatic rings. The van der Waals surface area contributed by atoms with Crippen LogP contribution in [-0.4, -0.2) is 12.0 Å². The molecule has 5 heteroatoms. The Bertz CT molecular complexity index is 588. The maximum Gasteiger partial charge on any atom is 0.201 e. The van der Waals surface area contributed by atoms with Gasteiger partial charge in [-0.2, -0.15) is 4.39 Å². The molecule has 2 aromatic rings. The number of hydrogen-bond donors (Lipinski definition) is 1. The fourth-order valence-corrected chi connectivity index (χ4v) is 1.66. The van der Waals surface area contributed by atoms with Crippen molar-refractivity contribution in [1.29, 1.82) is 0 Å². The monoisotopic (exact) mass is 264 g/mol. The Hall–Kier alpha value is -2.01. The molecule has 0 bridgehead atoms. The van der Waals surface area contributed by atoms with E-state index in [4.69, 9.17) is 4.74 Å². The molecule has 100 valence electrons. The van der Waals surface area contributed by atoms with Gasteiger partial charge in [-0.25, -0.2) is 4.39 Å². The highest BCUT2D eigenvalue weighted by Crippen LogP contribution is 2.28. The molecule has 0 fully saturated rings. The zero-order chi connectivity index (χ0) is 13.8. The Morgan fingerprint density at radius 2 is 2.05 bits per heavy atom. The van der Waals surface area contributed by atoms with Crippen molar-refractivity contribution in [1.82, 2.24) is 10.3 Å².